The summed E-state index contributed by atoms with van der Waals surface area (Å²) >= 11 is 5.92. The second kappa shape index (κ2) is 8.39. The van der Waals surface area contributed by atoms with E-state index in [4.69, 9.17) is 11.6 Å². The Bertz CT molecular complexity index is 1020. The molecule has 0 amide bonds. The second-order valence-electron chi connectivity index (χ2n) is 6.94. The predicted octanol–water partition coefficient (Wildman–Crippen LogP) is 5.88. The van der Waals surface area contributed by atoms with E-state index < -0.39 is 6.36 Å². The molecule has 0 aliphatic heterocycles. The minimum Gasteiger partial charge on any atom is -0.406 e. The molecule has 1 saturated carbocycles. The van der Waals surface area contributed by atoms with E-state index in [0.29, 0.717) is 40.6 Å². The van der Waals surface area contributed by atoms with Crippen molar-refractivity contribution in [3.8, 4) is 17.0 Å². The fraction of sp³-hybridized carbons (Fsp3) is 0.238. The molecule has 30 heavy (non-hydrogen) atoms. The molecule has 0 saturated heterocycles. The first-order valence-corrected chi connectivity index (χ1v) is 9.72. The van der Waals surface area contributed by atoms with Gasteiger partial charge in [0.15, 0.2) is 0 Å². The van der Waals surface area contributed by atoms with Gasteiger partial charge in [0.25, 0.3) is 0 Å². The Hall–Kier alpha value is -3.00. The molecule has 5 nitrogen and oxygen atoms in total. The molecule has 1 aromatic heterocycles. The molecular weight excluding hydrogens is 417 g/mol. The quantitative estimate of drug-likeness (QED) is 0.486. The van der Waals surface area contributed by atoms with E-state index in [-0.39, 0.29) is 5.75 Å². The van der Waals surface area contributed by atoms with Gasteiger partial charge in [0.1, 0.15) is 11.6 Å². The molecule has 0 atom stereocenters. The summed E-state index contributed by atoms with van der Waals surface area (Å²) in [5.41, 5.74) is 1.99. The predicted molar refractivity (Wildman–Crippen MR) is 110 cm³/mol. The molecule has 1 aliphatic rings. The fourth-order valence-electron chi connectivity index (χ4n) is 2.81. The van der Waals surface area contributed by atoms with Gasteiger partial charge in [-0.3, -0.25) is 0 Å². The van der Waals surface area contributed by atoms with Crippen molar-refractivity contribution in [1.82, 2.24) is 9.97 Å². The molecule has 3 aromatic rings. The summed E-state index contributed by atoms with van der Waals surface area (Å²) in [4.78, 5) is 8.95. The topological polar surface area (TPSA) is 59.1 Å². The number of hydrogen-bond donors (Lipinski definition) is 2. The first kappa shape index (κ1) is 20.3. The van der Waals surface area contributed by atoms with Crippen LogP contribution in [0, 0.1) is 0 Å². The maximum atomic E-state index is 12.6. The molecule has 156 valence electrons. The van der Waals surface area contributed by atoms with Crippen molar-refractivity contribution in [3.05, 3.63) is 65.2 Å². The third kappa shape index (κ3) is 5.76. The van der Waals surface area contributed by atoms with Crippen molar-refractivity contribution in [2.45, 2.75) is 31.8 Å². The van der Waals surface area contributed by atoms with Crippen LogP contribution < -0.4 is 15.4 Å². The van der Waals surface area contributed by atoms with Gasteiger partial charge in [-0.2, -0.15) is 4.98 Å². The van der Waals surface area contributed by atoms with Gasteiger partial charge in [-0.1, -0.05) is 35.9 Å². The van der Waals surface area contributed by atoms with Gasteiger partial charge in [0.2, 0.25) is 5.95 Å². The number of alkyl halides is 3. The van der Waals surface area contributed by atoms with Crippen LogP contribution in [0.5, 0.6) is 5.75 Å². The first-order valence-electron chi connectivity index (χ1n) is 9.34. The molecule has 1 fully saturated rings. The summed E-state index contributed by atoms with van der Waals surface area (Å²) in [7, 11) is 0. The van der Waals surface area contributed by atoms with Gasteiger partial charge < -0.3 is 15.4 Å². The third-order valence-corrected chi connectivity index (χ3v) is 4.64. The Labute approximate surface area is 176 Å². The highest BCUT2D eigenvalue weighted by Gasteiger charge is 2.31. The monoisotopic (exact) mass is 434 g/mol. The van der Waals surface area contributed by atoms with Crippen LogP contribution in [0.1, 0.15) is 18.4 Å². The van der Waals surface area contributed by atoms with Crippen LogP contribution in [0.3, 0.4) is 0 Å². The number of hydrogen-bond acceptors (Lipinski definition) is 5. The lowest BCUT2D eigenvalue weighted by molar-refractivity contribution is -0.274. The van der Waals surface area contributed by atoms with Gasteiger partial charge in [-0.15, -0.1) is 13.2 Å². The summed E-state index contributed by atoms with van der Waals surface area (Å²) in [5, 5.41) is 7.12. The molecule has 0 spiro atoms. The molecule has 2 N–H and O–H groups in total. The van der Waals surface area contributed by atoms with Crippen molar-refractivity contribution in [2.24, 2.45) is 0 Å². The zero-order valence-corrected chi connectivity index (χ0v) is 16.5. The number of nitrogens with one attached hydrogen (secondary N) is 2. The van der Waals surface area contributed by atoms with Crippen molar-refractivity contribution in [2.75, 3.05) is 10.6 Å². The smallest absolute Gasteiger partial charge is 0.406 e. The van der Waals surface area contributed by atoms with Crippen molar-refractivity contribution >= 4 is 23.4 Å². The Kier molecular flexibility index (Phi) is 5.67. The third-order valence-electron chi connectivity index (χ3n) is 4.39. The van der Waals surface area contributed by atoms with Crippen LogP contribution in [0.15, 0.2) is 54.6 Å². The lowest BCUT2D eigenvalue weighted by atomic mass is 10.1. The number of anilines is 2. The number of ether oxygens (including phenoxy) is 1. The molecule has 1 aliphatic carbocycles. The molecule has 9 heteroatoms. The molecule has 4 rings (SSSR count). The SMILES string of the molecule is FC(F)(F)Oc1cccc(-c2cc(NCc3ccc(Cl)cc3)nc(NC3CC3)n2)c1. The van der Waals surface area contributed by atoms with Gasteiger partial charge in [-0.25, -0.2) is 4.98 Å². The van der Waals surface area contributed by atoms with Crippen LogP contribution in [-0.2, 0) is 6.54 Å². The number of benzene rings is 2. The molecule has 0 unspecified atom stereocenters. The Morgan fingerprint density at radius 1 is 1.03 bits per heavy atom. The number of rotatable bonds is 7. The standard InChI is InChI=1S/C21H18ClF3N4O/c22-15-6-4-13(5-7-15)12-26-19-11-18(28-20(29-19)27-16-8-9-16)14-2-1-3-17(10-14)30-21(23,24)25/h1-7,10-11,16H,8-9,12H2,(H2,26,27,28,29). The fourth-order valence-corrected chi connectivity index (χ4v) is 2.93. The normalized spacial score (nSPS) is 13.7. The summed E-state index contributed by atoms with van der Waals surface area (Å²) in [6.07, 6.45) is -2.68. The summed E-state index contributed by atoms with van der Waals surface area (Å²) in [5.74, 6) is 0.682. The highest BCUT2D eigenvalue weighted by atomic mass is 35.5. The second-order valence-corrected chi connectivity index (χ2v) is 7.37. The van der Waals surface area contributed by atoms with Gasteiger partial charge in [0, 0.05) is 29.2 Å². The summed E-state index contributed by atoms with van der Waals surface area (Å²) in [6, 6.07) is 15.2. The Morgan fingerprint density at radius 3 is 2.50 bits per heavy atom. The van der Waals surface area contributed by atoms with E-state index in [9.17, 15) is 13.2 Å². The summed E-state index contributed by atoms with van der Waals surface area (Å²) < 4.78 is 41.7. The van der Waals surface area contributed by atoms with Crippen molar-refractivity contribution in [3.63, 3.8) is 0 Å². The van der Waals surface area contributed by atoms with Crippen LogP contribution in [0.4, 0.5) is 24.9 Å². The van der Waals surface area contributed by atoms with Gasteiger partial charge in [-0.05, 0) is 42.7 Å². The minimum atomic E-state index is -4.76. The lowest BCUT2D eigenvalue weighted by Gasteiger charge is -2.13. The van der Waals surface area contributed by atoms with Crippen molar-refractivity contribution in [1.29, 1.82) is 0 Å². The maximum absolute atomic E-state index is 12.6. The number of nitrogens with zero attached hydrogens (tertiary/aromatic N) is 2. The zero-order chi connectivity index (χ0) is 21.1. The maximum Gasteiger partial charge on any atom is 0.573 e. The highest BCUT2D eigenvalue weighted by molar-refractivity contribution is 6.30. The molecule has 1 heterocycles. The van der Waals surface area contributed by atoms with Crippen LogP contribution in [0.25, 0.3) is 11.3 Å². The van der Waals surface area contributed by atoms with Crippen LogP contribution in [0.2, 0.25) is 5.02 Å². The average Bonchev–Trinajstić information content (AvgIpc) is 3.50. The van der Waals surface area contributed by atoms with Crippen LogP contribution in [-0.4, -0.2) is 22.4 Å². The minimum absolute atomic E-state index is 0.300. The average molecular weight is 435 g/mol. The molecule has 2 aromatic carbocycles. The largest absolute Gasteiger partial charge is 0.573 e. The van der Waals surface area contributed by atoms with E-state index in [1.165, 1.54) is 18.2 Å². The van der Waals surface area contributed by atoms with E-state index >= 15 is 0 Å². The Balaban J connectivity index is 1.59. The molecule has 0 radical (unpaired) electrons. The lowest BCUT2D eigenvalue weighted by Crippen LogP contribution is -2.17. The van der Waals surface area contributed by atoms with E-state index in [2.05, 4.69) is 25.3 Å². The zero-order valence-electron chi connectivity index (χ0n) is 15.7. The Morgan fingerprint density at radius 2 is 1.80 bits per heavy atom. The molecule has 0 bridgehead atoms. The van der Waals surface area contributed by atoms with E-state index in [1.54, 1.807) is 24.3 Å². The van der Waals surface area contributed by atoms with Gasteiger partial charge >= 0.3 is 6.36 Å². The first-order chi connectivity index (χ1) is 14.3. The van der Waals surface area contributed by atoms with E-state index in [0.717, 1.165) is 18.4 Å². The van der Waals surface area contributed by atoms with E-state index in [1.807, 2.05) is 12.1 Å². The van der Waals surface area contributed by atoms with Crippen molar-refractivity contribution < 1.29 is 17.9 Å². The van der Waals surface area contributed by atoms with Gasteiger partial charge in [0.05, 0.1) is 5.69 Å². The summed E-state index contributed by atoms with van der Waals surface area (Å²) in [6.45, 7) is 0.508. The number of halogens is 4. The highest BCUT2D eigenvalue weighted by Crippen LogP contribution is 2.30. The number of aromatic nitrogens is 2. The molecular formula is C21H18ClF3N4O. The van der Waals surface area contributed by atoms with Crippen LogP contribution >= 0.6 is 11.6 Å².